The van der Waals surface area contributed by atoms with Gasteiger partial charge in [-0.3, -0.25) is 9.89 Å². The number of carbonyl (C=O) groups is 2. The molecule has 0 saturated heterocycles. The lowest BCUT2D eigenvalue weighted by Gasteiger charge is -2.28. The molecule has 0 bridgehead atoms. The summed E-state index contributed by atoms with van der Waals surface area (Å²) in [6.45, 7) is 1.99. The number of halogens is 2. The van der Waals surface area contributed by atoms with E-state index in [1.54, 1.807) is 13.0 Å². The zero-order chi connectivity index (χ0) is 22.5. The predicted octanol–water partition coefficient (Wildman–Crippen LogP) is 3.11. The Balaban J connectivity index is 1.58. The van der Waals surface area contributed by atoms with Gasteiger partial charge in [0.25, 0.3) is 0 Å². The summed E-state index contributed by atoms with van der Waals surface area (Å²) in [4.78, 5) is 25.2. The van der Waals surface area contributed by atoms with Crippen LogP contribution in [0.4, 0.5) is 19.4 Å². The van der Waals surface area contributed by atoms with Crippen LogP contribution in [-0.4, -0.2) is 56.5 Å². The molecule has 1 aromatic carbocycles. The van der Waals surface area contributed by atoms with Gasteiger partial charge in [-0.2, -0.15) is 5.10 Å². The molecular formula is C21H26F2N4O4. The largest absolute Gasteiger partial charge is 0.465 e. The van der Waals surface area contributed by atoms with Crippen LogP contribution < -0.4 is 5.32 Å². The zero-order valence-corrected chi connectivity index (χ0v) is 17.1. The number of aliphatic hydroxyl groups excluding tert-OH is 1. The van der Waals surface area contributed by atoms with Gasteiger partial charge in [-0.05, 0) is 42.9 Å². The fraction of sp³-hybridized carbons (Fsp3) is 0.476. The number of amides is 2. The molecule has 0 radical (unpaired) electrons. The molecule has 0 spiro atoms. The molecule has 3 rings (SSSR count). The van der Waals surface area contributed by atoms with Crippen molar-refractivity contribution < 1.29 is 28.6 Å². The van der Waals surface area contributed by atoms with E-state index in [1.807, 2.05) is 0 Å². The third-order valence-corrected chi connectivity index (χ3v) is 5.50. The van der Waals surface area contributed by atoms with Crippen molar-refractivity contribution >= 4 is 17.8 Å². The number of aliphatic hydroxyl groups is 1. The lowest BCUT2D eigenvalue weighted by Crippen LogP contribution is -2.41. The first-order chi connectivity index (χ1) is 14.7. The van der Waals surface area contributed by atoms with Gasteiger partial charge in [0.15, 0.2) is 5.82 Å². The van der Waals surface area contributed by atoms with Crippen molar-refractivity contribution in [1.29, 1.82) is 0 Å². The van der Waals surface area contributed by atoms with Gasteiger partial charge < -0.3 is 20.4 Å². The van der Waals surface area contributed by atoms with Gasteiger partial charge in [0, 0.05) is 42.9 Å². The van der Waals surface area contributed by atoms with Crippen LogP contribution in [-0.2, 0) is 11.2 Å². The summed E-state index contributed by atoms with van der Waals surface area (Å²) in [6.07, 6.45) is 0.875. The second kappa shape index (κ2) is 9.86. The van der Waals surface area contributed by atoms with Gasteiger partial charge in [0.2, 0.25) is 5.91 Å². The number of aromatic nitrogens is 2. The van der Waals surface area contributed by atoms with Crippen LogP contribution in [0, 0.1) is 17.6 Å². The first-order valence-corrected chi connectivity index (χ1v) is 10.2. The molecule has 2 amide bonds. The molecule has 1 saturated carbocycles. The molecule has 8 nitrogen and oxygen atoms in total. The number of nitrogens with one attached hydrogen (secondary N) is 2. The zero-order valence-electron chi connectivity index (χ0n) is 17.1. The Kier molecular flexibility index (Phi) is 7.21. The first kappa shape index (κ1) is 22.7. The summed E-state index contributed by atoms with van der Waals surface area (Å²) in [6, 6.07) is 4.48. The molecule has 1 aliphatic carbocycles. The summed E-state index contributed by atoms with van der Waals surface area (Å²) in [7, 11) is 0. The molecule has 31 heavy (non-hydrogen) atoms. The number of nitrogens with zero attached hydrogens (tertiary/aromatic N) is 2. The molecule has 0 aliphatic heterocycles. The molecule has 168 valence electrons. The summed E-state index contributed by atoms with van der Waals surface area (Å²) >= 11 is 0. The van der Waals surface area contributed by atoms with E-state index in [1.165, 1.54) is 4.90 Å². The maximum atomic E-state index is 13.3. The van der Waals surface area contributed by atoms with E-state index < -0.39 is 23.6 Å². The Hall–Kier alpha value is -3.01. The van der Waals surface area contributed by atoms with Crippen LogP contribution in [0.25, 0.3) is 0 Å². The third-order valence-electron chi connectivity index (χ3n) is 5.50. The maximum Gasteiger partial charge on any atom is 0.407 e. The standard InChI is InChI=1S/C21H26F2N4O4/c1-12(11-28)10-27(21(30)31)17-3-2-14(7-17)18-9-19(26-25-18)24-20(29)6-13-4-15(22)8-16(23)5-13/h4-5,8-9,12,14,17,28H,2-3,6-7,10-11H2,1H3,(H,30,31)(H2,24,25,26,29)/t12?,14-,17+/m0/s1. The Labute approximate surface area is 178 Å². The lowest BCUT2D eigenvalue weighted by atomic mass is 10.0. The number of carbonyl (C=O) groups excluding carboxylic acids is 1. The van der Waals surface area contributed by atoms with Crippen LogP contribution in [0.15, 0.2) is 24.3 Å². The van der Waals surface area contributed by atoms with E-state index in [4.69, 9.17) is 0 Å². The Morgan fingerprint density at radius 1 is 1.26 bits per heavy atom. The molecule has 1 aliphatic rings. The van der Waals surface area contributed by atoms with E-state index in [9.17, 15) is 28.6 Å². The minimum atomic E-state index is -1.00. The van der Waals surface area contributed by atoms with Crippen LogP contribution in [0.2, 0.25) is 0 Å². The van der Waals surface area contributed by atoms with Crippen molar-refractivity contribution in [1.82, 2.24) is 15.1 Å². The number of H-pyrrole nitrogens is 1. The van der Waals surface area contributed by atoms with Crippen molar-refractivity contribution in [3.8, 4) is 0 Å². The highest BCUT2D eigenvalue weighted by molar-refractivity contribution is 5.91. The third kappa shape index (κ3) is 6.00. The first-order valence-electron chi connectivity index (χ1n) is 10.2. The highest BCUT2D eigenvalue weighted by atomic mass is 19.1. The van der Waals surface area contributed by atoms with Crippen molar-refractivity contribution in [2.24, 2.45) is 5.92 Å². The predicted molar refractivity (Wildman–Crippen MR) is 109 cm³/mol. The Morgan fingerprint density at radius 2 is 1.97 bits per heavy atom. The SMILES string of the molecule is CC(CO)CN(C(=O)O)[C@@H]1CC[C@H](c2cc(NC(=O)Cc3cc(F)cc(F)c3)n[nH]2)C1. The van der Waals surface area contributed by atoms with Gasteiger partial charge in [-0.1, -0.05) is 6.92 Å². The van der Waals surface area contributed by atoms with Gasteiger partial charge in [-0.25, -0.2) is 13.6 Å². The number of benzene rings is 1. The van der Waals surface area contributed by atoms with Crippen LogP contribution in [0.5, 0.6) is 0 Å². The molecule has 1 fully saturated rings. The van der Waals surface area contributed by atoms with E-state index in [-0.39, 0.29) is 43.0 Å². The summed E-state index contributed by atoms with van der Waals surface area (Å²) in [5.74, 6) is -1.73. The summed E-state index contributed by atoms with van der Waals surface area (Å²) < 4.78 is 26.5. The minimum absolute atomic E-state index is 0.0618. The molecule has 1 heterocycles. The molecule has 3 atom stereocenters. The van der Waals surface area contributed by atoms with E-state index in [2.05, 4.69) is 15.5 Å². The van der Waals surface area contributed by atoms with Crippen molar-refractivity contribution in [3.63, 3.8) is 0 Å². The van der Waals surface area contributed by atoms with E-state index in [0.717, 1.165) is 30.3 Å². The number of carboxylic acid groups (broad SMARTS) is 1. The minimum Gasteiger partial charge on any atom is -0.465 e. The highest BCUT2D eigenvalue weighted by Crippen LogP contribution is 2.37. The van der Waals surface area contributed by atoms with Crippen LogP contribution >= 0.6 is 0 Å². The normalized spacial score (nSPS) is 19.2. The summed E-state index contributed by atoms with van der Waals surface area (Å²) in [5, 5.41) is 28.3. The fourth-order valence-electron chi connectivity index (χ4n) is 4.00. The quantitative estimate of drug-likeness (QED) is 0.507. The average Bonchev–Trinajstić information content (AvgIpc) is 3.34. The maximum absolute atomic E-state index is 13.3. The van der Waals surface area contributed by atoms with Crippen LogP contribution in [0.1, 0.15) is 43.4 Å². The number of hydrogen-bond donors (Lipinski definition) is 4. The Bertz CT molecular complexity index is 916. The lowest BCUT2D eigenvalue weighted by molar-refractivity contribution is -0.115. The molecular weight excluding hydrogens is 410 g/mol. The van der Waals surface area contributed by atoms with E-state index >= 15 is 0 Å². The number of rotatable bonds is 8. The van der Waals surface area contributed by atoms with E-state index in [0.29, 0.717) is 18.7 Å². The van der Waals surface area contributed by atoms with Crippen LogP contribution in [0.3, 0.4) is 0 Å². The average molecular weight is 436 g/mol. The molecule has 1 aromatic heterocycles. The number of anilines is 1. The van der Waals surface area contributed by atoms with Crippen molar-refractivity contribution in [3.05, 3.63) is 47.2 Å². The van der Waals surface area contributed by atoms with Gasteiger partial charge in [-0.15, -0.1) is 0 Å². The second-order valence-electron chi connectivity index (χ2n) is 8.10. The highest BCUT2D eigenvalue weighted by Gasteiger charge is 2.34. The summed E-state index contributed by atoms with van der Waals surface area (Å²) in [5.41, 5.74) is 1.01. The van der Waals surface area contributed by atoms with Gasteiger partial charge in [0.1, 0.15) is 11.6 Å². The van der Waals surface area contributed by atoms with Crippen molar-refractivity contribution in [2.45, 2.75) is 44.6 Å². The topological polar surface area (TPSA) is 119 Å². The molecule has 2 aromatic rings. The molecule has 1 unspecified atom stereocenters. The Morgan fingerprint density at radius 3 is 2.61 bits per heavy atom. The fourth-order valence-corrected chi connectivity index (χ4v) is 4.00. The monoisotopic (exact) mass is 436 g/mol. The van der Waals surface area contributed by atoms with Crippen molar-refractivity contribution in [2.75, 3.05) is 18.5 Å². The number of aromatic amines is 1. The molecule has 4 N–H and O–H groups in total. The molecule has 10 heteroatoms. The second-order valence-corrected chi connectivity index (χ2v) is 8.10. The van der Waals surface area contributed by atoms with Gasteiger partial charge >= 0.3 is 6.09 Å². The van der Waals surface area contributed by atoms with Gasteiger partial charge in [0.05, 0.1) is 6.42 Å². The smallest absolute Gasteiger partial charge is 0.407 e. The number of hydrogen-bond acceptors (Lipinski definition) is 4.